The summed E-state index contributed by atoms with van der Waals surface area (Å²) in [5.74, 6) is 5.03. The van der Waals surface area contributed by atoms with E-state index in [-0.39, 0.29) is 6.09 Å². The van der Waals surface area contributed by atoms with Crippen molar-refractivity contribution in [2.75, 3.05) is 18.4 Å². The van der Waals surface area contributed by atoms with Gasteiger partial charge in [-0.05, 0) is 45.6 Å². The lowest BCUT2D eigenvalue weighted by molar-refractivity contribution is 0.0270. The summed E-state index contributed by atoms with van der Waals surface area (Å²) in [5, 5.41) is 10.6. The lowest BCUT2D eigenvalue weighted by atomic mass is 10.1. The molecule has 156 valence electrons. The zero-order chi connectivity index (χ0) is 21.3. The van der Waals surface area contributed by atoms with Crippen LogP contribution in [0.1, 0.15) is 63.0 Å². The smallest absolute Gasteiger partial charge is 0.410 e. The number of hydrogen-bond acceptors (Lipinski definition) is 6. The molecule has 2 N–H and O–H groups in total. The quantitative estimate of drug-likeness (QED) is 0.749. The maximum Gasteiger partial charge on any atom is 0.410 e. The molecule has 0 atom stereocenters. The SMILES string of the molecule is C#Cc1cnc(C2=CCN(C(=O)OC(C)(C)C)CC2)nc1Nc1cc(C2CC2)[nH]n1. The van der Waals surface area contributed by atoms with E-state index in [4.69, 9.17) is 11.2 Å². The van der Waals surface area contributed by atoms with Crippen LogP contribution < -0.4 is 5.32 Å². The highest BCUT2D eigenvalue weighted by Crippen LogP contribution is 2.39. The summed E-state index contributed by atoms with van der Waals surface area (Å²) in [7, 11) is 0. The van der Waals surface area contributed by atoms with E-state index in [2.05, 4.69) is 31.4 Å². The first-order valence-corrected chi connectivity index (χ1v) is 10.2. The Labute approximate surface area is 176 Å². The Hall–Kier alpha value is -3.34. The van der Waals surface area contributed by atoms with Crippen LogP contribution in [0.2, 0.25) is 0 Å². The minimum atomic E-state index is -0.512. The highest BCUT2D eigenvalue weighted by atomic mass is 16.6. The van der Waals surface area contributed by atoms with Gasteiger partial charge in [-0.3, -0.25) is 5.10 Å². The number of nitrogens with zero attached hydrogens (tertiary/aromatic N) is 4. The molecule has 0 spiro atoms. The Morgan fingerprint density at radius 3 is 2.83 bits per heavy atom. The molecule has 0 bridgehead atoms. The number of carbonyl (C=O) groups is 1. The summed E-state index contributed by atoms with van der Waals surface area (Å²) in [5.41, 5.74) is 2.16. The third-order valence-electron chi connectivity index (χ3n) is 4.95. The number of H-pyrrole nitrogens is 1. The highest BCUT2D eigenvalue weighted by molar-refractivity contribution is 5.72. The van der Waals surface area contributed by atoms with Gasteiger partial charge in [0.25, 0.3) is 0 Å². The van der Waals surface area contributed by atoms with Crippen LogP contribution in [0, 0.1) is 12.3 Å². The van der Waals surface area contributed by atoms with Crippen molar-refractivity contribution in [3.63, 3.8) is 0 Å². The van der Waals surface area contributed by atoms with Crippen LogP contribution in [-0.4, -0.2) is 49.8 Å². The minimum absolute atomic E-state index is 0.311. The summed E-state index contributed by atoms with van der Waals surface area (Å²) in [6.45, 7) is 6.58. The van der Waals surface area contributed by atoms with Gasteiger partial charge in [0.2, 0.25) is 0 Å². The molecule has 30 heavy (non-hydrogen) atoms. The van der Waals surface area contributed by atoms with Crippen molar-refractivity contribution in [1.29, 1.82) is 0 Å². The Kier molecular flexibility index (Phi) is 5.20. The molecule has 0 aromatic carbocycles. The largest absolute Gasteiger partial charge is 0.444 e. The van der Waals surface area contributed by atoms with Crippen molar-refractivity contribution in [3.05, 3.63) is 35.4 Å². The number of aromatic nitrogens is 4. The fourth-order valence-electron chi connectivity index (χ4n) is 3.23. The Bertz CT molecular complexity index is 1020. The van der Waals surface area contributed by atoms with Gasteiger partial charge in [0, 0.05) is 37.0 Å². The zero-order valence-corrected chi connectivity index (χ0v) is 17.5. The fraction of sp³-hybridized carbons (Fsp3) is 0.455. The molecule has 0 saturated heterocycles. The summed E-state index contributed by atoms with van der Waals surface area (Å²) in [6, 6.07) is 2.00. The first-order valence-electron chi connectivity index (χ1n) is 10.2. The van der Waals surface area contributed by atoms with Crippen LogP contribution in [0.5, 0.6) is 0 Å². The van der Waals surface area contributed by atoms with Crippen molar-refractivity contribution in [1.82, 2.24) is 25.1 Å². The number of terminal acetylenes is 1. The van der Waals surface area contributed by atoms with Crippen molar-refractivity contribution < 1.29 is 9.53 Å². The third-order valence-corrected chi connectivity index (χ3v) is 4.95. The van der Waals surface area contributed by atoms with Gasteiger partial charge in [-0.15, -0.1) is 6.42 Å². The molecule has 3 heterocycles. The van der Waals surface area contributed by atoms with Gasteiger partial charge in [-0.25, -0.2) is 14.8 Å². The van der Waals surface area contributed by atoms with Gasteiger partial charge < -0.3 is 15.0 Å². The number of amides is 1. The highest BCUT2D eigenvalue weighted by Gasteiger charge is 2.26. The average molecular weight is 406 g/mol. The maximum absolute atomic E-state index is 12.3. The van der Waals surface area contributed by atoms with Crippen molar-refractivity contribution >= 4 is 23.3 Å². The maximum atomic E-state index is 12.3. The van der Waals surface area contributed by atoms with Gasteiger partial charge in [-0.2, -0.15) is 5.10 Å². The molecule has 0 radical (unpaired) electrons. The molecule has 2 aliphatic rings. The number of ether oxygens (including phenoxy) is 1. The van der Waals surface area contributed by atoms with Crippen LogP contribution in [-0.2, 0) is 4.74 Å². The van der Waals surface area contributed by atoms with Gasteiger partial charge in [0.05, 0.1) is 5.56 Å². The van der Waals surface area contributed by atoms with Crippen LogP contribution in [0.3, 0.4) is 0 Å². The molecule has 4 rings (SSSR count). The fourth-order valence-corrected chi connectivity index (χ4v) is 3.23. The van der Waals surface area contributed by atoms with Crippen LogP contribution in [0.25, 0.3) is 5.57 Å². The van der Waals surface area contributed by atoms with Crippen LogP contribution >= 0.6 is 0 Å². The number of aromatic amines is 1. The number of nitrogens with one attached hydrogen (secondary N) is 2. The molecule has 8 nitrogen and oxygen atoms in total. The van der Waals surface area contributed by atoms with Gasteiger partial charge in [-0.1, -0.05) is 12.0 Å². The molecule has 1 aliphatic heterocycles. The number of hydrogen-bond donors (Lipinski definition) is 2. The second-order valence-corrected chi connectivity index (χ2v) is 8.61. The monoisotopic (exact) mass is 406 g/mol. The van der Waals surface area contributed by atoms with Crippen LogP contribution in [0.15, 0.2) is 18.3 Å². The zero-order valence-electron chi connectivity index (χ0n) is 17.5. The lowest BCUT2D eigenvalue weighted by Crippen LogP contribution is -2.39. The minimum Gasteiger partial charge on any atom is -0.444 e. The standard InChI is InChI=1S/C22H26N6O2/c1-5-14-13-23-19(16-8-10-28(11-9-16)21(29)30-22(2,3)4)25-20(14)24-18-12-17(26-27-18)15-6-7-15/h1,8,12-13,15H,6-7,9-11H2,2-4H3,(H2,23,24,25,26,27). The summed E-state index contributed by atoms with van der Waals surface area (Å²) in [4.78, 5) is 23.0. The second-order valence-electron chi connectivity index (χ2n) is 8.61. The second kappa shape index (κ2) is 7.82. The summed E-state index contributed by atoms with van der Waals surface area (Å²) >= 11 is 0. The van der Waals surface area contributed by atoms with E-state index in [1.54, 1.807) is 11.1 Å². The molecule has 0 unspecified atom stereocenters. The Morgan fingerprint density at radius 2 is 2.20 bits per heavy atom. The Balaban J connectivity index is 1.48. The van der Waals surface area contributed by atoms with Crippen molar-refractivity contribution in [3.8, 4) is 12.3 Å². The molecule has 8 heteroatoms. The summed E-state index contributed by atoms with van der Waals surface area (Å²) in [6.07, 6.45) is 12.0. The van der Waals surface area contributed by atoms with E-state index in [0.29, 0.717) is 48.5 Å². The third kappa shape index (κ3) is 4.62. The van der Waals surface area contributed by atoms with E-state index in [9.17, 15) is 4.79 Å². The predicted molar refractivity (Wildman–Crippen MR) is 114 cm³/mol. The normalized spacial score (nSPS) is 16.6. The van der Waals surface area contributed by atoms with Gasteiger partial charge in [0.1, 0.15) is 5.60 Å². The van der Waals surface area contributed by atoms with E-state index >= 15 is 0 Å². The summed E-state index contributed by atoms with van der Waals surface area (Å²) < 4.78 is 5.44. The van der Waals surface area contributed by atoms with Crippen LogP contribution in [0.4, 0.5) is 16.4 Å². The van der Waals surface area contributed by atoms with E-state index in [0.717, 1.165) is 11.3 Å². The van der Waals surface area contributed by atoms with E-state index in [1.807, 2.05) is 32.9 Å². The molecule has 2 aromatic heterocycles. The molecule has 1 fully saturated rings. The molecule has 2 aromatic rings. The van der Waals surface area contributed by atoms with E-state index < -0.39 is 5.60 Å². The van der Waals surface area contributed by atoms with Crippen molar-refractivity contribution in [2.24, 2.45) is 0 Å². The topological polar surface area (TPSA) is 96.0 Å². The molecular weight excluding hydrogens is 380 g/mol. The number of carbonyl (C=O) groups excluding carboxylic acids is 1. The molecule has 1 saturated carbocycles. The molecule has 1 aliphatic carbocycles. The predicted octanol–water partition coefficient (Wildman–Crippen LogP) is 3.83. The lowest BCUT2D eigenvalue weighted by Gasteiger charge is -2.29. The molecule has 1 amide bonds. The first-order chi connectivity index (χ1) is 14.3. The van der Waals surface area contributed by atoms with E-state index in [1.165, 1.54) is 12.8 Å². The number of anilines is 2. The van der Waals surface area contributed by atoms with Gasteiger partial charge in [0.15, 0.2) is 17.5 Å². The number of rotatable bonds is 4. The van der Waals surface area contributed by atoms with Gasteiger partial charge >= 0.3 is 6.09 Å². The first kappa shape index (κ1) is 20.0. The van der Waals surface area contributed by atoms with Crippen molar-refractivity contribution in [2.45, 2.75) is 51.6 Å². The Morgan fingerprint density at radius 1 is 1.40 bits per heavy atom. The average Bonchev–Trinajstić information content (AvgIpc) is 3.46. The molecular formula is C22H26N6O2.